The summed E-state index contributed by atoms with van der Waals surface area (Å²) in [4.78, 5) is 25.6. The van der Waals surface area contributed by atoms with Crippen LogP contribution in [0.25, 0.3) is 0 Å². The van der Waals surface area contributed by atoms with Gasteiger partial charge in [0.05, 0.1) is 9.81 Å². The lowest BCUT2D eigenvalue weighted by molar-refractivity contribution is -0.114. The van der Waals surface area contributed by atoms with E-state index in [1.807, 2.05) is 59.3 Å². The number of ketones is 2. The van der Waals surface area contributed by atoms with Gasteiger partial charge in [-0.05, 0) is 16.4 Å². The van der Waals surface area contributed by atoms with Crippen LogP contribution in [0.5, 0.6) is 0 Å². The molecule has 2 aromatic rings. The standard InChI is InChI=1S/C19H14O2S2/c20-16(13-14-7-3-1-4-8-14)17(19-22-11-12-23-19)18(21)15-9-5-2-6-10-15/h1-12H,13H2. The van der Waals surface area contributed by atoms with Crippen LogP contribution in [-0.2, 0) is 11.2 Å². The molecular weight excluding hydrogens is 324 g/mol. The van der Waals surface area contributed by atoms with Gasteiger partial charge < -0.3 is 0 Å². The maximum Gasteiger partial charge on any atom is 0.198 e. The smallest absolute Gasteiger partial charge is 0.198 e. The molecular formula is C19H14O2S2. The summed E-state index contributed by atoms with van der Waals surface area (Å²) in [5.74, 6) is -0.339. The highest BCUT2D eigenvalue weighted by Gasteiger charge is 2.25. The van der Waals surface area contributed by atoms with Crippen LogP contribution in [0, 0.1) is 0 Å². The first-order valence-corrected chi connectivity index (χ1v) is 8.91. The highest BCUT2D eigenvalue weighted by molar-refractivity contribution is 8.27. The molecule has 0 unspecified atom stereocenters. The minimum atomic E-state index is -0.203. The summed E-state index contributed by atoms with van der Waals surface area (Å²) in [5.41, 5.74) is 1.75. The third-order valence-electron chi connectivity index (χ3n) is 3.36. The molecule has 1 aliphatic heterocycles. The molecule has 0 saturated carbocycles. The summed E-state index contributed by atoms with van der Waals surface area (Å²) in [6.07, 6.45) is 0.235. The molecule has 3 rings (SSSR count). The molecule has 0 N–H and O–H groups in total. The summed E-state index contributed by atoms with van der Waals surface area (Å²) in [5, 5.41) is 3.79. The first-order chi connectivity index (χ1) is 11.3. The van der Waals surface area contributed by atoms with E-state index in [1.165, 1.54) is 23.5 Å². The zero-order chi connectivity index (χ0) is 16.1. The van der Waals surface area contributed by atoms with E-state index < -0.39 is 0 Å². The van der Waals surface area contributed by atoms with Gasteiger partial charge in [-0.1, -0.05) is 84.2 Å². The van der Waals surface area contributed by atoms with Crippen molar-refractivity contribution in [1.82, 2.24) is 0 Å². The van der Waals surface area contributed by atoms with Gasteiger partial charge >= 0.3 is 0 Å². The first kappa shape index (κ1) is 15.8. The number of hydrogen-bond acceptors (Lipinski definition) is 4. The van der Waals surface area contributed by atoms with Crippen molar-refractivity contribution >= 4 is 35.1 Å². The highest BCUT2D eigenvalue weighted by Crippen LogP contribution is 2.41. The Hall–Kier alpha value is -2.04. The van der Waals surface area contributed by atoms with Crippen LogP contribution in [0.4, 0.5) is 0 Å². The van der Waals surface area contributed by atoms with Gasteiger partial charge in [-0.25, -0.2) is 0 Å². The number of benzene rings is 2. The van der Waals surface area contributed by atoms with Crippen molar-refractivity contribution in [2.45, 2.75) is 6.42 Å². The molecule has 0 aliphatic carbocycles. The summed E-state index contributed by atoms with van der Waals surface area (Å²) in [6.45, 7) is 0. The molecule has 0 saturated heterocycles. The lowest BCUT2D eigenvalue weighted by atomic mass is 9.97. The monoisotopic (exact) mass is 338 g/mol. The molecule has 4 heteroatoms. The van der Waals surface area contributed by atoms with E-state index >= 15 is 0 Å². The Morgan fingerprint density at radius 2 is 1.35 bits per heavy atom. The Labute approximate surface area is 143 Å². The van der Waals surface area contributed by atoms with Crippen LogP contribution in [0.1, 0.15) is 15.9 Å². The Morgan fingerprint density at radius 3 is 1.96 bits per heavy atom. The summed E-state index contributed by atoms with van der Waals surface area (Å²) in [7, 11) is 0. The van der Waals surface area contributed by atoms with Gasteiger partial charge in [-0.15, -0.1) is 0 Å². The zero-order valence-corrected chi connectivity index (χ0v) is 13.9. The van der Waals surface area contributed by atoms with E-state index in [-0.39, 0.29) is 18.0 Å². The Kier molecular flexibility index (Phi) is 5.16. The summed E-state index contributed by atoms with van der Waals surface area (Å²) >= 11 is 2.87. The van der Waals surface area contributed by atoms with E-state index in [0.717, 1.165) is 9.80 Å². The minimum absolute atomic E-state index is 0.135. The molecule has 0 spiro atoms. The fourth-order valence-electron chi connectivity index (χ4n) is 2.26. The van der Waals surface area contributed by atoms with E-state index in [1.54, 1.807) is 12.1 Å². The average molecular weight is 338 g/mol. The molecule has 0 amide bonds. The molecule has 1 aliphatic rings. The minimum Gasteiger partial charge on any atom is -0.294 e. The molecule has 0 atom stereocenters. The Balaban J connectivity index is 1.92. The van der Waals surface area contributed by atoms with Gasteiger partial charge in [0, 0.05) is 12.0 Å². The van der Waals surface area contributed by atoms with Crippen LogP contribution in [0.15, 0.2) is 81.3 Å². The van der Waals surface area contributed by atoms with Gasteiger partial charge in [-0.3, -0.25) is 9.59 Å². The van der Waals surface area contributed by atoms with Crippen LogP contribution >= 0.6 is 23.5 Å². The normalized spacial score (nSPS) is 13.1. The van der Waals surface area contributed by atoms with Crippen molar-refractivity contribution in [2.24, 2.45) is 0 Å². The number of rotatable bonds is 5. The maximum atomic E-state index is 12.8. The number of carbonyl (C=O) groups is 2. The van der Waals surface area contributed by atoms with Gasteiger partial charge in [0.1, 0.15) is 0 Å². The topological polar surface area (TPSA) is 34.1 Å². The number of thioether (sulfide) groups is 2. The average Bonchev–Trinajstić information content (AvgIpc) is 3.11. The van der Waals surface area contributed by atoms with Gasteiger partial charge in [0.15, 0.2) is 11.6 Å². The molecule has 114 valence electrons. The van der Waals surface area contributed by atoms with Crippen molar-refractivity contribution in [3.05, 3.63) is 92.4 Å². The number of allylic oxidation sites excluding steroid dienone is 1. The summed E-state index contributed by atoms with van der Waals surface area (Å²) < 4.78 is 0.764. The molecule has 0 fully saturated rings. The van der Waals surface area contributed by atoms with E-state index in [0.29, 0.717) is 11.1 Å². The van der Waals surface area contributed by atoms with Crippen molar-refractivity contribution in [1.29, 1.82) is 0 Å². The second-order valence-electron chi connectivity index (χ2n) is 4.95. The third kappa shape index (κ3) is 3.84. The van der Waals surface area contributed by atoms with Gasteiger partial charge in [-0.2, -0.15) is 0 Å². The molecule has 1 heterocycles. The molecule has 0 radical (unpaired) electrons. The lowest BCUT2D eigenvalue weighted by Crippen LogP contribution is -2.16. The van der Waals surface area contributed by atoms with E-state index in [4.69, 9.17) is 0 Å². The van der Waals surface area contributed by atoms with Crippen molar-refractivity contribution < 1.29 is 9.59 Å². The largest absolute Gasteiger partial charge is 0.294 e. The second kappa shape index (κ2) is 7.49. The number of carbonyl (C=O) groups excluding carboxylic acids is 2. The Bertz CT molecular complexity index is 768. The summed E-state index contributed by atoms with van der Waals surface area (Å²) in [6, 6.07) is 18.5. The fraction of sp³-hybridized carbons (Fsp3) is 0.0526. The molecule has 23 heavy (non-hydrogen) atoms. The van der Waals surface area contributed by atoms with Crippen molar-refractivity contribution in [3.8, 4) is 0 Å². The van der Waals surface area contributed by atoms with Gasteiger partial charge in [0.25, 0.3) is 0 Å². The fourth-order valence-corrected chi connectivity index (χ4v) is 4.16. The van der Waals surface area contributed by atoms with Crippen LogP contribution < -0.4 is 0 Å². The lowest BCUT2D eigenvalue weighted by Gasteiger charge is -2.09. The quantitative estimate of drug-likeness (QED) is 0.338. The van der Waals surface area contributed by atoms with Crippen LogP contribution in [-0.4, -0.2) is 11.6 Å². The Morgan fingerprint density at radius 1 is 0.783 bits per heavy atom. The zero-order valence-electron chi connectivity index (χ0n) is 12.3. The predicted molar refractivity (Wildman–Crippen MR) is 97.3 cm³/mol. The van der Waals surface area contributed by atoms with E-state index in [9.17, 15) is 9.59 Å². The molecule has 2 nitrogen and oxygen atoms in total. The molecule has 2 aromatic carbocycles. The third-order valence-corrected chi connectivity index (χ3v) is 5.49. The second-order valence-corrected chi connectivity index (χ2v) is 7.04. The SMILES string of the molecule is O=C(Cc1ccccc1)C(C(=O)c1ccccc1)=C1SC=CS1. The highest BCUT2D eigenvalue weighted by atomic mass is 32.2. The molecule has 0 bridgehead atoms. The maximum absolute atomic E-state index is 12.8. The predicted octanol–water partition coefficient (Wildman–Crippen LogP) is 4.84. The van der Waals surface area contributed by atoms with Crippen LogP contribution in [0.2, 0.25) is 0 Å². The van der Waals surface area contributed by atoms with Crippen LogP contribution in [0.3, 0.4) is 0 Å². The number of Topliss-reactive ketones (excluding diaryl/α,β-unsaturated/α-hetero) is 2. The van der Waals surface area contributed by atoms with Crippen molar-refractivity contribution in [2.75, 3.05) is 0 Å². The van der Waals surface area contributed by atoms with Gasteiger partial charge in [0.2, 0.25) is 0 Å². The van der Waals surface area contributed by atoms with Crippen molar-refractivity contribution in [3.63, 3.8) is 0 Å². The number of hydrogen-bond donors (Lipinski definition) is 0. The first-order valence-electron chi connectivity index (χ1n) is 7.15. The van der Waals surface area contributed by atoms with E-state index in [2.05, 4.69) is 0 Å². The molecule has 0 aromatic heterocycles.